The molecule has 0 aliphatic carbocycles. The number of carbonyl (C=O) groups is 1. The van der Waals surface area contributed by atoms with E-state index in [0.29, 0.717) is 18.1 Å². The fourth-order valence-corrected chi connectivity index (χ4v) is 2.99. The van der Waals surface area contributed by atoms with Gasteiger partial charge in [-0.3, -0.25) is 4.79 Å². The third-order valence-corrected chi connectivity index (χ3v) is 4.33. The number of nitrogens with zero attached hydrogens (tertiary/aromatic N) is 3. The predicted molar refractivity (Wildman–Crippen MR) is 108 cm³/mol. The first-order valence-corrected chi connectivity index (χ1v) is 9.07. The molecule has 0 bridgehead atoms. The van der Waals surface area contributed by atoms with Gasteiger partial charge in [0.2, 0.25) is 0 Å². The van der Waals surface area contributed by atoms with Crippen molar-refractivity contribution in [2.45, 2.75) is 27.3 Å². The number of nitrogens with one attached hydrogen (secondary N) is 1. The van der Waals surface area contributed by atoms with Crippen LogP contribution in [0.25, 0.3) is 0 Å². The van der Waals surface area contributed by atoms with Crippen molar-refractivity contribution in [3.05, 3.63) is 83.3 Å². The van der Waals surface area contributed by atoms with Crippen LogP contribution in [0.4, 0.5) is 11.5 Å². The minimum absolute atomic E-state index is 0.208. The molecule has 1 amide bonds. The zero-order valence-corrected chi connectivity index (χ0v) is 15.9. The van der Waals surface area contributed by atoms with E-state index >= 15 is 0 Å². The van der Waals surface area contributed by atoms with Crippen LogP contribution in [0.15, 0.2) is 60.9 Å². The smallest absolute Gasteiger partial charge is 0.270 e. The summed E-state index contributed by atoms with van der Waals surface area (Å²) in [6.07, 6.45) is 1.44. The van der Waals surface area contributed by atoms with Gasteiger partial charge in [-0.1, -0.05) is 42.0 Å². The highest BCUT2D eigenvalue weighted by Gasteiger charge is 2.13. The van der Waals surface area contributed by atoms with Crippen LogP contribution >= 0.6 is 0 Å². The van der Waals surface area contributed by atoms with Crippen molar-refractivity contribution in [3.8, 4) is 0 Å². The number of amides is 1. The molecule has 1 N–H and O–H groups in total. The zero-order valence-electron chi connectivity index (χ0n) is 15.9. The number of hydrogen-bond donors (Lipinski definition) is 1. The summed E-state index contributed by atoms with van der Waals surface area (Å²) in [6.45, 7) is 7.36. The van der Waals surface area contributed by atoms with Crippen molar-refractivity contribution in [2.24, 2.45) is 0 Å². The van der Waals surface area contributed by atoms with Crippen molar-refractivity contribution in [1.29, 1.82) is 0 Å². The molecule has 3 aromatic rings. The van der Waals surface area contributed by atoms with E-state index in [9.17, 15) is 4.79 Å². The summed E-state index contributed by atoms with van der Waals surface area (Å²) in [4.78, 5) is 23.1. The molecule has 0 aliphatic rings. The number of carbonyl (C=O) groups excluding carboxylic acids is 1. The van der Waals surface area contributed by atoms with E-state index in [4.69, 9.17) is 0 Å². The Balaban J connectivity index is 1.76. The van der Waals surface area contributed by atoms with Crippen LogP contribution in [0.3, 0.4) is 0 Å². The summed E-state index contributed by atoms with van der Waals surface area (Å²) in [7, 11) is 0. The van der Waals surface area contributed by atoms with Gasteiger partial charge in [-0.15, -0.1) is 0 Å². The average Bonchev–Trinajstić information content (AvgIpc) is 2.67. The normalized spacial score (nSPS) is 10.5. The number of benzene rings is 2. The molecule has 1 heterocycles. The monoisotopic (exact) mass is 360 g/mol. The lowest BCUT2D eigenvalue weighted by Gasteiger charge is -2.22. The first-order chi connectivity index (χ1) is 13.1. The lowest BCUT2D eigenvalue weighted by atomic mass is 10.1. The molecule has 2 aromatic carbocycles. The SMILES string of the molecule is CCN(c1cccc(C)c1)c1cc(C(=O)NCc2cccc(C)c2)ncn1. The maximum Gasteiger partial charge on any atom is 0.270 e. The van der Waals surface area contributed by atoms with Crippen LogP contribution in [0.1, 0.15) is 34.1 Å². The fraction of sp³-hybridized carbons (Fsp3) is 0.227. The molecule has 0 aliphatic heterocycles. The zero-order chi connectivity index (χ0) is 19.2. The summed E-state index contributed by atoms with van der Waals surface area (Å²) >= 11 is 0. The van der Waals surface area contributed by atoms with Gasteiger partial charge in [0.25, 0.3) is 5.91 Å². The van der Waals surface area contributed by atoms with Crippen molar-refractivity contribution in [2.75, 3.05) is 11.4 Å². The molecular formula is C22H24N4O. The number of hydrogen-bond acceptors (Lipinski definition) is 4. The van der Waals surface area contributed by atoms with E-state index < -0.39 is 0 Å². The highest BCUT2D eigenvalue weighted by atomic mass is 16.1. The van der Waals surface area contributed by atoms with Gasteiger partial charge in [0, 0.05) is 24.8 Å². The van der Waals surface area contributed by atoms with Gasteiger partial charge in [0.15, 0.2) is 0 Å². The molecule has 0 spiro atoms. The molecule has 138 valence electrons. The van der Waals surface area contributed by atoms with Gasteiger partial charge < -0.3 is 10.2 Å². The minimum Gasteiger partial charge on any atom is -0.347 e. The molecule has 0 unspecified atom stereocenters. The Morgan fingerprint density at radius 2 is 1.74 bits per heavy atom. The Hall–Kier alpha value is -3.21. The van der Waals surface area contributed by atoms with Crippen LogP contribution in [0.5, 0.6) is 0 Å². The van der Waals surface area contributed by atoms with E-state index in [0.717, 1.165) is 17.8 Å². The first kappa shape index (κ1) is 18.6. The molecule has 3 rings (SSSR count). The molecule has 0 fully saturated rings. The third-order valence-electron chi connectivity index (χ3n) is 4.33. The summed E-state index contributed by atoms with van der Waals surface area (Å²) in [6, 6.07) is 18.0. The molecular weight excluding hydrogens is 336 g/mol. The van der Waals surface area contributed by atoms with E-state index in [1.54, 1.807) is 6.07 Å². The van der Waals surface area contributed by atoms with Gasteiger partial charge in [0.1, 0.15) is 17.8 Å². The predicted octanol–water partition coefficient (Wildman–Crippen LogP) is 4.18. The summed E-state index contributed by atoms with van der Waals surface area (Å²) in [5, 5.41) is 2.93. The standard InChI is InChI=1S/C22H24N4O/c1-4-26(19-10-6-8-17(3)12-19)21-13-20(24-15-25-21)22(27)23-14-18-9-5-7-16(2)11-18/h5-13,15H,4,14H2,1-3H3,(H,23,27). The van der Waals surface area contributed by atoms with Crippen LogP contribution in [-0.4, -0.2) is 22.4 Å². The minimum atomic E-state index is -0.208. The lowest BCUT2D eigenvalue weighted by molar-refractivity contribution is 0.0945. The van der Waals surface area contributed by atoms with Gasteiger partial charge in [-0.25, -0.2) is 9.97 Å². The van der Waals surface area contributed by atoms with Crippen LogP contribution in [-0.2, 0) is 6.54 Å². The largest absolute Gasteiger partial charge is 0.347 e. The maximum atomic E-state index is 12.5. The fourth-order valence-electron chi connectivity index (χ4n) is 2.99. The molecule has 0 atom stereocenters. The Morgan fingerprint density at radius 3 is 2.44 bits per heavy atom. The van der Waals surface area contributed by atoms with Crippen molar-refractivity contribution < 1.29 is 4.79 Å². The molecule has 0 saturated heterocycles. The van der Waals surface area contributed by atoms with E-state index in [1.807, 2.05) is 37.3 Å². The quantitative estimate of drug-likeness (QED) is 0.716. The van der Waals surface area contributed by atoms with Crippen molar-refractivity contribution in [1.82, 2.24) is 15.3 Å². The average molecular weight is 360 g/mol. The number of rotatable bonds is 6. The van der Waals surface area contributed by atoms with Crippen LogP contribution in [0, 0.1) is 13.8 Å². The summed E-state index contributed by atoms with van der Waals surface area (Å²) < 4.78 is 0. The number of aromatic nitrogens is 2. The van der Waals surface area contributed by atoms with E-state index in [2.05, 4.69) is 52.2 Å². The van der Waals surface area contributed by atoms with Crippen LogP contribution < -0.4 is 10.2 Å². The number of anilines is 2. The molecule has 5 nitrogen and oxygen atoms in total. The Labute approximate surface area is 160 Å². The second kappa shape index (κ2) is 8.45. The molecule has 27 heavy (non-hydrogen) atoms. The summed E-state index contributed by atoms with van der Waals surface area (Å²) in [5.74, 6) is 0.499. The Kier molecular flexibility index (Phi) is 5.81. The number of aryl methyl sites for hydroxylation is 2. The Morgan fingerprint density at radius 1 is 1.00 bits per heavy atom. The van der Waals surface area contributed by atoms with Crippen LogP contribution in [0.2, 0.25) is 0 Å². The first-order valence-electron chi connectivity index (χ1n) is 9.07. The van der Waals surface area contributed by atoms with Gasteiger partial charge in [-0.2, -0.15) is 0 Å². The second-order valence-corrected chi connectivity index (χ2v) is 6.52. The topological polar surface area (TPSA) is 58.1 Å². The highest BCUT2D eigenvalue weighted by molar-refractivity contribution is 5.93. The lowest BCUT2D eigenvalue weighted by Crippen LogP contribution is -2.25. The summed E-state index contributed by atoms with van der Waals surface area (Å²) in [5.41, 5.74) is 4.81. The van der Waals surface area contributed by atoms with E-state index in [1.165, 1.54) is 17.5 Å². The highest BCUT2D eigenvalue weighted by Crippen LogP contribution is 2.24. The van der Waals surface area contributed by atoms with Gasteiger partial charge in [0.05, 0.1) is 0 Å². The van der Waals surface area contributed by atoms with Crippen molar-refractivity contribution >= 4 is 17.4 Å². The van der Waals surface area contributed by atoms with Gasteiger partial charge >= 0.3 is 0 Å². The Bertz CT molecular complexity index is 939. The molecule has 5 heteroatoms. The third kappa shape index (κ3) is 4.70. The van der Waals surface area contributed by atoms with Gasteiger partial charge in [-0.05, 0) is 44.0 Å². The van der Waals surface area contributed by atoms with Crippen molar-refractivity contribution in [3.63, 3.8) is 0 Å². The maximum absolute atomic E-state index is 12.5. The molecule has 0 radical (unpaired) electrons. The second-order valence-electron chi connectivity index (χ2n) is 6.52. The molecule has 0 saturated carbocycles. The molecule has 1 aromatic heterocycles. The van der Waals surface area contributed by atoms with E-state index in [-0.39, 0.29) is 5.91 Å².